The summed E-state index contributed by atoms with van der Waals surface area (Å²) < 4.78 is 1.32. The number of benzene rings is 2. The molecular formula is C13H10I2. The number of fused-ring (bicyclic) bond motifs is 1. The fraction of sp³-hybridized carbons (Fsp3) is 0.0769. The van der Waals surface area contributed by atoms with E-state index in [0.717, 1.165) is 0 Å². The molecule has 2 aromatic carbocycles. The van der Waals surface area contributed by atoms with E-state index in [-0.39, 0.29) is 0 Å². The second kappa shape index (κ2) is 4.82. The van der Waals surface area contributed by atoms with E-state index in [2.05, 4.69) is 94.6 Å². The van der Waals surface area contributed by atoms with Crippen LogP contribution in [0.15, 0.2) is 44.1 Å². The molecule has 0 aliphatic carbocycles. The third-order valence-corrected chi connectivity index (χ3v) is 4.10. The van der Waals surface area contributed by atoms with Gasteiger partial charge in [-0.1, -0.05) is 42.5 Å². The summed E-state index contributed by atoms with van der Waals surface area (Å²) in [5, 5.41) is 2.65. The molecule has 0 nitrogen and oxygen atoms in total. The molecule has 0 saturated heterocycles. The van der Waals surface area contributed by atoms with Gasteiger partial charge < -0.3 is 0 Å². The second-order valence-electron chi connectivity index (χ2n) is 3.41. The lowest BCUT2D eigenvalue weighted by molar-refractivity contribution is 1.63. The first kappa shape index (κ1) is 11.4. The zero-order valence-electron chi connectivity index (χ0n) is 8.30. The highest BCUT2D eigenvalue weighted by Crippen LogP contribution is 2.31. The van der Waals surface area contributed by atoms with E-state index in [0.29, 0.717) is 0 Å². The highest BCUT2D eigenvalue weighted by Gasteiger charge is 2.03. The smallest absolute Gasteiger partial charge is 0.0549 e. The Morgan fingerprint density at radius 1 is 0.933 bits per heavy atom. The second-order valence-corrected chi connectivity index (χ2v) is 7.63. The van der Waals surface area contributed by atoms with Crippen LogP contribution in [0, 0.1) is 0 Å². The molecule has 0 heterocycles. The van der Waals surface area contributed by atoms with E-state index in [4.69, 9.17) is 0 Å². The van der Waals surface area contributed by atoms with E-state index in [1.807, 2.05) is 0 Å². The summed E-state index contributed by atoms with van der Waals surface area (Å²) >= 11 is 4.74. The average Bonchev–Trinajstić information content (AvgIpc) is 2.27. The molecule has 0 aromatic heterocycles. The average molecular weight is 420 g/mol. The minimum Gasteiger partial charge on any atom is -0.0616 e. The molecule has 0 saturated carbocycles. The Kier molecular flexibility index (Phi) is 3.66. The van der Waals surface area contributed by atoms with E-state index in [1.54, 1.807) is 0 Å². The van der Waals surface area contributed by atoms with Gasteiger partial charge in [-0.25, -0.2) is 0 Å². The molecule has 0 amide bonds. The summed E-state index contributed by atoms with van der Waals surface area (Å²) in [6, 6.07) is 15.0. The number of hydrogen-bond donors (Lipinski definition) is 0. The molecule has 2 heteroatoms. The monoisotopic (exact) mass is 420 g/mol. The summed E-state index contributed by atoms with van der Waals surface area (Å²) in [5.41, 5.74) is 2.69. The van der Waals surface area contributed by atoms with Crippen molar-refractivity contribution in [1.29, 1.82) is 0 Å². The summed E-state index contributed by atoms with van der Waals surface area (Å²) in [6.45, 7) is 2.18. The number of allylic oxidation sites excluding steroid dienone is 1. The Bertz CT molecular complexity index is 518. The molecule has 0 radical (unpaired) electrons. The zero-order valence-corrected chi connectivity index (χ0v) is 12.6. The Labute approximate surface area is 117 Å². The van der Waals surface area contributed by atoms with Crippen LogP contribution in [0.25, 0.3) is 16.3 Å². The van der Waals surface area contributed by atoms with Gasteiger partial charge in [0.25, 0.3) is 0 Å². The molecule has 0 unspecified atom stereocenters. The first-order valence-corrected chi connectivity index (χ1v) is 6.86. The van der Waals surface area contributed by atoms with Crippen LogP contribution in [0.4, 0.5) is 0 Å². The van der Waals surface area contributed by atoms with Gasteiger partial charge in [-0.05, 0) is 74.0 Å². The Morgan fingerprint density at radius 3 is 2.33 bits per heavy atom. The number of halogens is 2. The molecule has 0 atom stereocenters. The van der Waals surface area contributed by atoms with Crippen molar-refractivity contribution < 1.29 is 0 Å². The van der Waals surface area contributed by atoms with Crippen LogP contribution in [-0.2, 0) is 0 Å². The molecule has 76 valence electrons. The van der Waals surface area contributed by atoms with Gasteiger partial charge in [-0.15, -0.1) is 0 Å². The van der Waals surface area contributed by atoms with E-state index in [9.17, 15) is 0 Å². The predicted molar refractivity (Wildman–Crippen MR) is 84.6 cm³/mol. The van der Waals surface area contributed by atoms with Crippen molar-refractivity contribution in [3.63, 3.8) is 0 Å². The lowest BCUT2D eigenvalue weighted by atomic mass is 10.0. The van der Waals surface area contributed by atoms with Gasteiger partial charge in [-0.2, -0.15) is 0 Å². The van der Waals surface area contributed by atoms with Crippen molar-refractivity contribution in [2.45, 2.75) is 6.92 Å². The van der Waals surface area contributed by atoms with Crippen LogP contribution in [0.2, 0.25) is 0 Å². The maximum atomic E-state index is 2.37. The molecular weight excluding hydrogens is 410 g/mol. The van der Waals surface area contributed by atoms with Gasteiger partial charge in [0, 0.05) is 0 Å². The van der Waals surface area contributed by atoms with Crippen molar-refractivity contribution in [3.8, 4) is 0 Å². The van der Waals surface area contributed by atoms with Gasteiger partial charge in [-0.3, -0.25) is 0 Å². The Hall–Kier alpha value is -0.100. The van der Waals surface area contributed by atoms with Gasteiger partial charge in [0.05, 0.1) is 1.59 Å². The van der Waals surface area contributed by atoms with Crippen molar-refractivity contribution in [2.75, 3.05) is 0 Å². The summed E-state index contributed by atoms with van der Waals surface area (Å²) in [6.07, 6.45) is 0. The fourth-order valence-electron chi connectivity index (χ4n) is 1.65. The molecule has 2 aromatic rings. The standard InChI is InChI=1S/C13H10I2/c1-9(13(14)15)11-8-4-6-10-5-2-3-7-12(10)11/h2-8H,1H3. The van der Waals surface area contributed by atoms with E-state index < -0.39 is 0 Å². The molecule has 2 rings (SSSR count). The first-order chi connectivity index (χ1) is 7.20. The van der Waals surface area contributed by atoms with Gasteiger partial charge >= 0.3 is 0 Å². The van der Waals surface area contributed by atoms with Crippen molar-refractivity contribution >= 4 is 61.5 Å². The van der Waals surface area contributed by atoms with Crippen LogP contribution >= 0.6 is 45.2 Å². The van der Waals surface area contributed by atoms with Gasteiger partial charge in [0.15, 0.2) is 0 Å². The third-order valence-electron chi connectivity index (χ3n) is 2.48. The minimum absolute atomic E-state index is 1.31. The molecule has 0 spiro atoms. The molecule has 0 bridgehead atoms. The molecule has 0 aliphatic rings. The maximum absolute atomic E-state index is 2.37. The summed E-state index contributed by atoms with van der Waals surface area (Å²) in [5.74, 6) is 0. The lowest BCUT2D eigenvalue weighted by Gasteiger charge is -2.07. The van der Waals surface area contributed by atoms with E-state index >= 15 is 0 Å². The largest absolute Gasteiger partial charge is 0.0616 e. The minimum atomic E-state index is 1.31. The van der Waals surface area contributed by atoms with Gasteiger partial charge in [0.2, 0.25) is 0 Å². The quantitative estimate of drug-likeness (QED) is 0.543. The Morgan fingerprint density at radius 2 is 1.60 bits per heavy atom. The molecule has 0 aliphatic heterocycles. The Balaban J connectivity index is 2.77. The van der Waals surface area contributed by atoms with Gasteiger partial charge in [0.1, 0.15) is 0 Å². The molecule has 15 heavy (non-hydrogen) atoms. The molecule has 0 N–H and O–H groups in total. The zero-order chi connectivity index (χ0) is 10.8. The van der Waals surface area contributed by atoms with Crippen molar-refractivity contribution in [2.24, 2.45) is 0 Å². The highest BCUT2D eigenvalue weighted by atomic mass is 127. The summed E-state index contributed by atoms with van der Waals surface area (Å²) in [4.78, 5) is 0. The topological polar surface area (TPSA) is 0 Å². The summed E-state index contributed by atoms with van der Waals surface area (Å²) in [7, 11) is 0. The van der Waals surface area contributed by atoms with E-state index in [1.165, 1.54) is 23.5 Å². The fourth-order valence-corrected chi connectivity index (χ4v) is 2.24. The van der Waals surface area contributed by atoms with Crippen LogP contribution in [0.5, 0.6) is 0 Å². The predicted octanol–water partition coefficient (Wildman–Crippen LogP) is 5.40. The van der Waals surface area contributed by atoms with Crippen LogP contribution in [-0.4, -0.2) is 0 Å². The molecule has 0 fully saturated rings. The lowest BCUT2D eigenvalue weighted by Crippen LogP contribution is -1.82. The first-order valence-electron chi connectivity index (χ1n) is 4.70. The van der Waals surface area contributed by atoms with Crippen LogP contribution < -0.4 is 0 Å². The van der Waals surface area contributed by atoms with Crippen LogP contribution in [0.3, 0.4) is 0 Å². The maximum Gasteiger partial charge on any atom is 0.0549 e. The van der Waals surface area contributed by atoms with Crippen molar-refractivity contribution in [3.05, 3.63) is 49.6 Å². The van der Waals surface area contributed by atoms with Crippen LogP contribution in [0.1, 0.15) is 12.5 Å². The third kappa shape index (κ3) is 2.36. The normalized spacial score (nSPS) is 10.3. The highest BCUT2D eigenvalue weighted by molar-refractivity contribution is 14.2. The SMILES string of the molecule is CC(=C(I)I)c1cccc2ccccc12. The van der Waals surface area contributed by atoms with Crippen molar-refractivity contribution in [1.82, 2.24) is 0 Å². The number of rotatable bonds is 1. The number of hydrogen-bond acceptors (Lipinski definition) is 0.